The normalized spacial score (nSPS) is 29.7. The van der Waals surface area contributed by atoms with Crippen molar-refractivity contribution in [3.05, 3.63) is 0 Å². The standard InChI is InChI=1S/C16H32O5/c1-2-3-4-5-6-7-8-9-10-11-20-16-15(19)14(18)13(17)12-21-16/h13-19H,2-12H2,1H3/t13-,14+,15+,16?/m1/s1. The molecule has 4 atom stereocenters. The number of hydrogen-bond donors (Lipinski definition) is 3. The Morgan fingerprint density at radius 1 is 0.857 bits per heavy atom. The summed E-state index contributed by atoms with van der Waals surface area (Å²) < 4.78 is 10.6. The fourth-order valence-corrected chi connectivity index (χ4v) is 2.54. The summed E-state index contributed by atoms with van der Waals surface area (Å²) in [6.45, 7) is 2.74. The van der Waals surface area contributed by atoms with E-state index in [4.69, 9.17) is 9.47 Å². The smallest absolute Gasteiger partial charge is 0.186 e. The van der Waals surface area contributed by atoms with E-state index in [0.717, 1.165) is 12.8 Å². The highest BCUT2D eigenvalue weighted by Gasteiger charge is 2.37. The summed E-state index contributed by atoms with van der Waals surface area (Å²) in [6.07, 6.45) is 6.96. The molecule has 126 valence electrons. The van der Waals surface area contributed by atoms with Crippen LogP contribution >= 0.6 is 0 Å². The van der Waals surface area contributed by atoms with Crippen LogP contribution in [0.2, 0.25) is 0 Å². The Morgan fingerprint density at radius 2 is 1.43 bits per heavy atom. The van der Waals surface area contributed by atoms with E-state index < -0.39 is 24.6 Å². The van der Waals surface area contributed by atoms with Crippen molar-refractivity contribution >= 4 is 0 Å². The summed E-state index contributed by atoms with van der Waals surface area (Å²) in [4.78, 5) is 0. The molecule has 5 nitrogen and oxygen atoms in total. The van der Waals surface area contributed by atoms with Crippen molar-refractivity contribution in [3.8, 4) is 0 Å². The van der Waals surface area contributed by atoms with Gasteiger partial charge in [-0.15, -0.1) is 0 Å². The molecule has 0 aromatic carbocycles. The molecule has 0 amide bonds. The Balaban J connectivity index is 1.92. The Labute approximate surface area is 128 Å². The van der Waals surface area contributed by atoms with Crippen LogP contribution in [0, 0.1) is 0 Å². The van der Waals surface area contributed by atoms with Gasteiger partial charge in [0.05, 0.1) is 6.61 Å². The number of ether oxygens (including phenoxy) is 2. The van der Waals surface area contributed by atoms with Crippen LogP contribution in [0.3, 0.4) is 0 Å². The van der Waals surface area contributed by atoms with Gasteiger partial charge in [-0.25, -0.2) is 0 Å². The molecular formula is C16H32O5. The molecule has 0 aromatic heterocycles. The third-order valence-electron chi connectivity index (χ3n) is 3.98. The van der Waals surface area contributed by atoms with Crippen LogP contribution in [0.4, 0.5) is 0 Å². The van der Waals surface area contributed by atoms with Crippen molar-refractivity contribution in [3.63, 3.8) is 0 Å². The maximum absolute atomic E-state index is 9.69. The molecule has 0 spiro atoms. The Bertz CT molecular complexity index is 249. The summed E-state index contributed by atoms with van der Waals surface area (Å²) in [7, 11) is 0. The number of aliphatic hydroxyl groups is 3. The van der Waals surface area contributed by atoms with Crippen molar-refractivity contribution in [1.29, 1.82) is 0 Å². The minimum atomic E-state index is -1.19. The maximum Gasteiger partial charge on any atom is 0.186 e. The molecule has 1 aliphatic heterocycles. The number of hydrogen-bond acceptors (Lipinski definition) is 5. The van der Waals surface area contributed by atoms with Crippen LogP contribution in [0.1, 0.15) is 64.7 Å². The van der Waals surface area contributed by atoms with Gasteiger partial charge in [0.15, 0.2) is 6.29 Å². The van der Waals surface area contributed by atoms with E-state index in [9.17, 15) is 15.3 Å². The zero-order valence-corrected chi connectivity index (χ0v) is 13.2. The van der Waals surface area contributed by atoms with Gasteiger partial charge in [0, 0.05) is 6.61 Å². The van der Waals surface area contributed by atoms with Crippen molar-refractivity contribution in [2.45, 2.75) is 89.3 Å². The van der Waals surface area contributed by atoms with Crippen molar-refractivity contribution in [1.82, 2.24) is 0 Å². The Morgan fingerprint density at radius 3 is 2.05 bits per heavy atom. The fraction of sp³-hybridized carbons (Fsp3) is 1.00. The average molecular weight is 304 g/mol. The predicted octanol–water partition coefficient (Wildman–Crippen LogP) is 1.97. The van der Waals surface area contributed by atoms with Gasteiger partial charge < -0.3 is 24.8 Å². The monoisotopic (exact) mass is 304 g/mol. The van der Waals surface area contributed by atoms with E-state index in [1.807, 2.05) is 0 Å². The fourth-order valence-electron chi connectivity index (χ4n) is 2.54. The lowest BCUT2D eigenvalue weighted by atomic mass is 10.1. The van der Waals surface area contributed by atoms with Crippen molar-refractivity contribution in [2.24, 2.45) is 0 Å². The molecule has 21 heavy (non-hydrogen) atoms. The summed E-state index contributed by atoms with van der Waals surface area (Å²) in [5, 5.41) is 28.5. The molecule has 0 aliphatic carbocycles. The predicted molar refractivity (Wildman–Crippen MR) is 80.9 cm³/mol. The van der Waals surface area contributed by atoms with E-state index in [2.05, 4.69) is 6.92 Å². The topological polar surface area (TPSA) is 79.2 Å². The van der Waals surface area contributed by atoms with Crippen molar-refractivity contribution in [2.75, 3.05) is 13.2 Å². The van der Waals surface area contributed by atoms with Gasteiger partial charge in [0.1, 0.15) is 18.3 Å². The highest BCUT2D eigenvalue weighted by Crippen LogP contribution is 2.17. The van der Waals surface area contributed by atoms with E-state index in [1.165, 1.54) is 44.9 Å². The second-order valence-corrected chi connectivity index (χ2v) is 5.95. The third-order valence-corrected chi connectivity index (χ3v) is 3.98. The van der Waals surface area contributed by atoms with Crippen LogP contribution in [-0.4, -0.2) is 53.1 Å². The summed E-state index contributed by atoms with van der Waals surface area (Å²) in [5.41, 5.74) is 0. The lowest BCUT2D eigenvalue weighted by Crippen LogP contribution is -2.53. The molecule has 5 heteroatoms. The molecular weight excluding hydrogens is 272 g/mol. The van der Waals surface area contributed by atoms with Crippen LogP contribution < -0.4 is 0 Å². The minimum Gasteiger partial charge on any atom is -0.388 e. The molecule has 0 aromatic rings. The second-order valence-electron chi connectivity index (χ2n) is 5.95. The van der Waals surface area contributed by atoms with E-state index in [-0.39, 0.29) is 6.61 Å². The molecule has 1 fully saturated rings. The highest BCUT2D eigenvalue weighted by atomic mass is 16.7. The molecule has 3 N–H and O–H groups in total. The van der Waals surface area contributed by atoms with E-state index in [0.29, 0.717) is 6.61 Å². The molecule has 0 bridgehead atoms. The number of aliphatic hydroxyl groups excluding tert-OH is 3. The summed E-state index contributed by atoms with van der Waals surface area (Å²) in [6, 6.07) is 0. The first kappa shape index (κ1) is 18.8. The van der Waals surface area contributed by atoms with Gasteiger partial charge in [0.2, 0.25) is 0 Å². The first-order valence-electron chi connectivity index (χ1n) is 8.44. The third kappa shape index (κ3) is 7.56. The summed E-state index contributed by atoms with van der Waals surface area (Å²) >= 11 is 0. The van der Waals surface area contributed by atoms with Crippen LogP contribution in [0.15, 0.2) is 0 Å². The zero-order chi connectivity index (χ0) is 15.5. The average Bonchev–Trinajstić information content (AvgIpc) is 2.49. The van der Waals surface area contributed by atoms with Crippen molar-refractivity contribution < 1.29 is 24.8 Å². The van der Waals surface area contributed by atoms with Crippen LogP contribution in [0.5, 0.6) is 0 Å². The largest absolute Gasteiger partial charge is 0.388 e. The lowest BCUT2D eigenvalue weighted by molar-refractivity contribution is -0.270. The SMILES string of the molecule is CCCCCCCCCCCOC1OC[C@@H](O)[C@H](O)[C@@H]1O. The van der Waals surface area contributed by atoms with Gasteiger partial charge in [-0.1, -0.05) is 58.3 Å². The van der Waals surface area contributed by atoms with Gasteiger partial charge >= 0.3 is 0 Å². The van der Waals surface area contributed by atoms with Gasteiger partial charge in [0.25, 0.3) is 0 Å². The highest BCUT2D eigenvalue weighted by molar-refractivity contribution is 4.82. The van der Waals surface area contributed by atoms with Gasteiger partial charge in [-0.3, -0.25) is 0 Å². The maximum atomic E-state index is 9.69. The number of unbranched alkanes of at least 4 members (excludes halogenated alkanes) is 8. The van der Waals surface area contributed by atoms with E-state index >= 15 is 0 Å². The molecule has 0 saturated carbocycles. The lowest BCUT2D eigenvalue weighted by Gasteiger charge is -2.34. The van der Waals surface area contributed by atoms with Crippen LogP contribution in [0.25, 0.3) is 0 Å². The minimum absolute atomic E-state index is 0.000648. The summed E-state index contributed by atoms with van der Waals surface area (Å²) in [5.74, 6) is 0. The molecule has 0 radical (unpaired) electrons. The Kier molecular flexibility index (Phi) is 10.2. The molecule has 1 saturated heterocycles. The molecule has 1 heterocycles. The van der Waals surface area contributed by atoms with Crippen LogP contribution in [-0.2, 0) is 9.47 Å². The second kappa shape index (κ2) is 11.4. The first-order chi connectivity index (χ1) is 10.2. The van der Waals surface area contributed by atoms with E-state index in [1.54, 1.807) is 0 Å². The molecule has 1 aliphatic rings. The number of rotatable bonds is 11. The molecule has 1 unspecified atom stereocenters. The Hall–Kier alpha value is -0.200. The van der Waals surface area contributed by atoms with Gasteiger partial charge in [-0.05, 0) is 6.42 Å². The zero-order valence-electron chi connectivity index (χ0n) is 13.2. The quantitative estimate of drug-likeness (QED) is 0.509. The van der Waals surface area contributed by atoms with Gasteiger partial charge in [-0.2, -0.15) is 0 Å². The molecule has 1 rings (SSSR count). The first-order valence-corrected chi connectivity index (χ1v) is 8.44.